The summed E-state index contributed by atoms with van der Waals surface area (Å²) in [6, 6.07) is 7.89. The van der Waals surface area contributed by atoms with Gasteiger partial charge in [-0.15, -0.1) is 11.7 Å². The molecule has 1 rings (SSSR count). The fraction of sp³-hybridized carbons (Fsp3) is 0.333. The number of hydrogen-bond donors (Lipinski definition) is 1. The van der Waals surface area contributed by atoms with E-state index in [0.717, 1.165) is 10.6 Å². The second kappa shape index (κ2) is 4.67. The lowest BCUT2D eigenvalue weighted by Crippen LogP contribution is -2.05. The minimum atomic E-state index is 0.214. The molecule has 0 N–H and O–H groups in total. The molecule has 0 aliphatic carbocycles. The highest BCUT2D eigenvalue weighted by Gasteiger charge is 2.02. The SMILES string of the molecule is CC(C)Oc1ccccc1SS. The van der Waals surface area contributed by atoms with Crippen LogP contribution in [0.3, 0.4) is 0 Å². The molecule has 0 aromatic heterocycles. The first-order chi connectivity index (χ1) is 5.74. The van der Waals surface area contributed by atoms with Crippen LogP contribution in [0.4, 0.5) is 0 Å². The third-order valence-electron chi connectivity index (χ3n) is 1.31. The lowest BCUT2D eigenvalue weighted by atomic mass is 10.3. The normalized spacial score (nSPS) is 10.3. The van der Waals surface area contributed by atoms with E-state index in [9.17, 15) is 0 Å². The lowest BCUT2D eigenvalue weighted by Gasteiger charge is -2.11. The molecule has 1 aromatic carbocycles. The summed E-state index contributed by atoms with van der Waals surface area (Å²) in [5.74, 6) is 0.910. The van der Waals surface area contributed by atoms with E-state index in [1.807, 2.05) is 38.1 Å². The molecule has 0 aliphatic rings. The van der Waals surface area contributed by atoms with Gasteiger partial charge in [0.05, 0.1) is 11.0 Å². The van der Waals surface area contributed by atoms with Crippen LogP contribution in [-0.2, 0) is 0 Å². The van der Waals surface area contributed by atoms with Gasteiger partial charge in [-0.05, 0) is 26.0 Å². The third-order valence-corrected chi connectivity index (χ3v) is 2.43. The van der Waals surface area contributed by atoms with Crippen molar-refractivity contribution in [1.82, 2.24) is 0 Å². The summed E-state index contributed by atoms with van der Waals surface area (Å²) < 4.78 is 5.57. The quantitative estimate of drug-likeness (QED) is 0.591. The summed E-state index contributed by atoms with van der Waals surface area (Å²) in [4.78, 5) is 1.06. The van der Waals surface area contributed by atoms with E-state index in [-0.39, 0.29) is 6.10 Å². The zero-order chi connectivity index (χ0) is 8.97. The first-order valence-corrected chi connectivity index (χ1v) is 5.68. The molecule has 0 saturated carbocycles. The standard InChI is InChI=1S/C9H12OS2/c1-7(2)10-8-5-3-4-6-9(8)12-11/h3-7,11H,1-2H3. The first kappa shape index (κ1) is 9.81. The minimum Gasteiger partial charge on any atom is -0.490 e. The highest BCUT2D eigenvalue weighted by atomic mass is 33.1. The summed E-state index contributed by atoms with van der Waals surface area (Å²) >= 11 is 4.14. The van der Waals surface area contributed by atoms with E-state index in [0.29, 0.717) is 0 Å². The molecular formula is C9H12OS2. The first-order valence-electron chi connectivity index (χ1n) is 3.81. The number of thiol groups is 1. The van der Waals surface area contributed by atoms with Gasteiger partial charge >= 0.3 is 0 Å². The van der Waals surface area contributed by atoms with Crippen molar-refractivity contribution < 1.29 is 4.74 Å². The second-order valence-corrected chi connectivity index (χ2v) is 3.87. The molecule has 12 heavy (non-hydrogen) atoms. The van der Waals surface area contributed by atoms with E-state index in [4.69, 9.17) is 4.74 Å². The zero-order valence-electron chi connectivity index (χ0n) is 7.15. The van der Waals surface area contributed by atoms with Crippen molar-refractivity contribution in [2.45, 2.75) is 24.8 Å². The molecule has 0 heterocycles. The van der Waals surface area contributed by atoms with E-state index in [1.165, 1.54) is 10.8 Å². The van der Waals surface area contributed by atoms with Crippen molar-refractivity contribution in [3.05, 3.63) is 24.3 Å². The van der Waals surface area contributed by atoms with Crippen LogP contribution in [0.25, 0.3) is 0 Å². The van der Waals surface area contributed by atoms with Gasteiger partial charge in [0.15, 0.2) is 0 Å². The molecule has 1 nitrogen and oxygen atoms in total. The van der Waals surface area contributed by atoms with Crippen molar-refractivity contribution in [2.24, 2.45) is 0 Å². The number of rotatable bonds is 3. The third kappa shape index (κ3) is 2.64. The Balaban J connectivity index is 2.82. The van der Waals surface area contributed by atoms with E-state index in [2.05, 4.69) is 11.7 Å². The number of ether oxygens (including phenoxy) is 1. The zero-order valence-corrected chi connectivity index (χ0v) is 8.86. The average Bonchev–Trinajstić information content (AvgIpc) is 2.04. The monoisotopic (exact) mass is 200 g/mol. The summed E-state index contributed by atoms with van der Waals surface area (Å²) in [7, 11) is 1.41. The number of benzene rings is 1. The number of para-hydroxylation sites is 1. The van der Waals surface area contributed by atoms with Gasteiger partial charge < -0.3 is 4.74 Å². The van der Waals surface area contributed by atoms with Crippen LogP contribution in [0.5, 0.6) is 5.75 Å². The Kier molecular flexibility index (Phi) is 3.82. The van der Waals surface area contributed by atoms with Gasteiger partial charge in [-0.3, -0.25) is 0 Å². The van der Waals surface area contributed by atoms with Crippen LogP contribution in [-0.4, -0.2) is 6.10 Å². The molecule has 0 radical (unpaired) electrons. The molecule has 0 unspecified atom stereocenters. The van der Waals surface area contributed by atoms with Crippen LogP contribution < -0.4 is 4.74 Å². The molecule has 66 valence electrons. The van der Waals surface area contributed by atoms with Gasteiger partial charge in [0.2, 0.25) is 0 Å². The van der Waals surface area contributed by atoms with Gasteiger partial charge in [0.25, 0.3) is 0 Å². The van der Waals surface area contributed by atoms with Gasteiger partial charge in [-0.25, -0.2) is 0 Å². The minimum absolute atomic E-state index is 0.214. The van der Waals surface area contributed by atoms with E-state index < -0.39 is 0 Å². The maximum atomic E-state index is 5.57. The molecule has 0 aliphatic heterocycles. The van der Waals surface area contributed by atoms with Crippen molar-refractivity contribution in [3.8, 4) is 5.75 Å². The average molecular weight is 200 g/mol. The van der Waals surface area contributed by atoms with Gasteiger partial charge in [0, 0.05) is 0 Å². The predicted octanol–water partition coefficient (Wildman–Crippen LogP) is 3.41. The molecule has 3 heteroatoms. The van der Waals surface area contributed by atoms with Crippen LogP contribution in [0, 0.1) is 0 Å². The van der Waals surface area contributed by atoms with E-state index in [1.54, 1.807) is 0 Å². The van der Waals surface area contributed by atoms with Crippen LogP contribution in [0.2, 0.25) is 0 Å². The van der Waals surface area contributed by atoms with Crippen LogP contribution in [0.15, 0.2) is 29.2 Å². The lowest BCUT2D eigenvalue weighted by molar-refractivity contribution is 0.236. The van der Waals surface area contributed by atoms with Crippen molar-refractivity contribution in [2.75, 3.05) is 0 Å². The summed E-state index contributed by atoms with van der Waals surface area (Å²) in [6.45, 7) is 4.03. The van der Waals surface area contributed by atoms with Gasteiger partial charge in [-0.2, -0.15) is 0 Å². The molecule has 1 aromatic rings. The smallest absolute Gasteiger partial charge is 0.134 e. The van der Waals surface area contributed by atoms with Crippen molar-refractivity contribution >= 4 is 22.5 Å². The number of hydrogen-bond acceptors (Lipinski definition) is 3. The largest absolute Gasteiger partial charge is 0.490 e. The maximum Gasteiger partial charge on any atom is 0.134 e. The molecule has 0 atom stereocenters. The summed E-state index contributed by atoms with van der Waals surface area (Å²) in [5.41, 5.74) is 0. The Labute approximate surface area is 82.3 Å². The van der Waals surface area contributed by atoms with Crippen LogP contribution in [0.1, 0.15) is 13.8 Å². The Hall–Kier alpha value is -0.280. The molecule has 0 spiro atoms. The second-order valence-electron chi connectivity index (χ2n) is 2.70. The Bertz CT molecular complexity index is 248. The van der Waals surface area contributed by atoms with Crippen molar-refractivity contribution in [3.63, 3.8) is 0 Å². The van der Waals surface area contributed by atoms with Gasteiger partial charge in [0.1, 0.15) is 5.75 Å². The molecule has 0 amide bonds. The topological polar surface area (TPSA) is 9.23 Å². The molecule has 0 saturated heterocycles. The summed E-state index contributed by atoms with van der Waals surface area (Å²) in [5, 5.41) is 0. The molecule has 0 fully saturated rings. The summed E-state index contributed by atoms with van der Waals surface area (Å²) in [6.07, 6.45) is 0.214. The predicted molar refractivity (Wildman–Crippen MR) is 57.0 cm³/mol. The van der Waals surface area contributed by atoms with Crippen LogP contribution >= 0.6 is 22.5 Å². The highest BCUT2D eigenvalue weighted by molar-refractivity contribution is 8.68. The molecule has 0 bridgehead atoms. The Morgan fingerprint density at radius 2 is 2.00 bits per heavy atom. The fourth-order valence-corrected chi connectivity index (χ4v) is 1.67. The van der Waals surface area contributed by atoms with E-state index >= 15 is 0 Å². The van der Waals surface area contributed by atoms with Crippen molar-refractivity contribution in [1.29, 1.82) is 0 Å². The van der Waals surface area contributed by atoms with Gasteiger partial charge in [-0.1, -0.05) is 22.9 Å². The maximum absolute atomic E-state index is 5.57. The Morgan fingerprint density at radius 3 is 2.58 bits per heavy atom. The fourth-order valence-electron chi connectivity index (χ4n) is 0.877. The molecular weight excluding hydrogens is 188 g/mol. The Morgan fingerprint density at radius 1 is 1.33 bits per heavy atom. The highest BCUT2D eigenvalue weighted by Crippen LogP contribution is 2.31.